The molecule has 0 fully saturated rings. The van der Waals surface area contributed by atoms with Crippen LogP contribution in [-0.4, -0.2) is 11.5 Å². The van der Waals surface area contributed by atoms with Gasteiger partial charge in [0.15, 0.2) is 0 Å². The normalized spacial score (nSPS) is 10.1. The molecule has 16 heavy (non-hydrogen) atoms. The summed E-state index contributed by atoms with van der Waals surface area (Å²) < 4.78 is 0. The monoisotopic (exact) mass is 213 g/mol. The molecular formula is C13H15N3. The fraction of sp³-hybridized carbons (Fsp3) is 0.154. The number of anilines is 2. The number of nitrogens with two attached hydrogens (primary N) is 1. The van der Waals surface area contributed by atoms with Gasteiger partial charge in [0.25, 0.3) is 0 Å². The minimum Gasteiger partial charge on any atom is -0.399 e. The van der Waals surface area contributed by atoms with Gasteiger partial charge in [-0.25, -0.2) is 4.98 Å². The minimum atomic E-state index is 0.779. The van der Waals surface area contributed by atoms with Crippen LogP contribution in [0.3, 0.4) is 0 Å². The maximum absolute atomic E-state index is 5.64. The highest BCUT2D eigenvalue weighted by Crippen LogP contribution is 2.20. The smallest absolute Gasteiger partial charge is 0.125 e. The van der Waals surface area contributed by atoms with Crippen LogP contribution in [0.25, 0.3) is 11.1 Å². The van der Waals surface area contributed by atoms with Gasteiger partial charge in [-0.15, -0.1) is 0 Å². The van der Waals surface area contributed by atoms with E-state index in [2.05, 4.69) is 23.3 Å². The molecule has 0 amide bonds. The Labute approximate surface area is 95.3 Å². The first-order valence-electron chi connectivity index (χ1n) is 5.35. The Kier molecular flexibility index (Phi) is 3.05. The average molecular weight is 213 g/mol. The lowest BCUT2D eigenvalue weighted by Gasteiger charge is -2.04. The lowest BCUT2D eigenvalue weighted by atomic mass is 10.1. The molecule has 0 saturated heterocycles. The van der Waals surface area contributed by atoms with E-state index in [4.69, 9.17) is 5.73 Å². The topological polar surface area (TPSA) is 50.9 Å². The van der Waals surface area contributed by atoms with E-state index in [1.807, 2.05) is 36.5 Å². The molecule has 0 unspecified atom stereocenters. The molecule has 82 valence electrons. The molecule has 0 spiro atoms. The van der Waals surface area contributed by atoms with Crippen molar-refractivity contribution in [2.24, 2.45) is 0 Å². The molecule has 0 aliphatic rings. The second-order valence-electron chi connectivity index (χ2n) is 3.58. The second kappa shape index (κ2) is 4.66. The van der Waals surface area contributed by atoms with Crippen molar-refractivity contribution in [1.82, 2.24) is 4.98 Å². The molecule has 3 nitrogen and oxygen atoms in total. The third kappa shape index (κ3) is 2.31. The molecule has 0 aliphatic heterocycles. The van der Waals surface area contributed by atoms with Crippen molar-refractivity contribution >= 4 is 11.5 Å². The highest BCUT2D eigenvalue weighted by Gasteiger charge is 1.98. The van der Waals surface area contributed by atoms with Gasteiger partial charge in [-0.05, 0) is 36.8 Å². The number of benzene rings is 1. The second-order valence-corrected chi connectivity index (χ2v) is 3.58. The molecule has 1 aromatic heterocycles. The molecule has 0 bridgehead atoms. The van der Waals surface area contributed by atoms with E-state index in [1.54, 1.807) is 0 Å². The van der Waals surface area contributed by atoms with Crippen LogP contribution in [0.2, 0.25) is 0 Å². The molecule has 3 N–H and O–H groups in total. The van der Waals surface area contributed by atoms with Gasteiger partial charge in [-0.1, -0.05) is 12.1 Å². The quantitative estimate of drug-likeness (QED) is 0.771. The van der Waals surface area contributed by atoms with Crippen molar-refractivity contribution in [3.8, 4) is 11.1 Å². The van der Waals surface area contributed by atoms with Crippen molar-refractivity contribution in [1.29, 1.82) is 0 Å². The molecular weight excluding hydrogens is 198 g/mol. The summed E-state index contributed by atoms with van der Waals surface area (Å²) in [6.07, 6.45) is 1.86. The van der Waals surface area contributed by atoms with E-state index in [-0.39, 0.29) is 0 Å². The highest BCUT2D eigenvalue weighted by atomic mass is 15.0. The summed E-state index contributed by atoms with van der Waals surface area (Å²) in [6, 6.07) is 11.8. The van der Waals surface area contributed by atoms with Crippen LogP contribution < -0.4 is 11.1 Å². The fourth-order valence-electron chi connectivity index (χ4n) is 1.53. The fourth-order valence-corrected chi connectivity index (χ4v) is 1.53. The van der Waals surface area contributed by atoms with Crippen LogP contribution in [0, 0.1) is 0 Å². The van der Waals surface area contributed by atoms with Gasteiger partial charge in [0, 0.05) is 24.0 Å². The molecule has 2 aromatic rings. The van der Waals surface area contributed by atoms with E-state index in [0.29, 0.717) is 0 Å². The lowest BCUT2D eigenvalue weighted by Crippen LogP contribution is -1.98. The summed E-state index contributed by atoms with van der Waals surface area (Å²) in [4.78, 5) is 4.32. The first kappa shape index (κ1) is 10.5. The van der Waals surface area contributed by atoms with Gasteiger partial charge < -0.3 is 11.1 Å². The van der Waals surface area contributed by atoms with Crippen LogP contribution in [-0.2, 0) is 0 Å². The van der Waals surface area contributed by atoms with Gasteiger partial charge in [0.2, 0.25) is 0 Å². The molecule has 1 heterocycles. The average Bonchev–Trinajstić information content (AvgIpc) is 2.32. The zero-order valence-electron chi connectivity index (χ0n) is 9.27. The van der Waals surface area contributed by atoms with Crippen molar-refractivity contribution in [3.63, 3.8) is 0 Å². The van der Waals surface area contributed by atoms with E-state index >= 15 is 0 Å². The molecule has 2 rings (SSSR count). The largest absolute Gasteiger partial charge is 0.399 e. The van der Waals surface area contributed by atoms with E-state index in [9.17, 15) is 0 Å². The molecule has 1 aromatic carbocycles. The Morgan fingerprint density at radius 2 is 1.75 bits per heavy atom. The van der Waals surface area contributed by atoms with Gasteiger partial charge in [-0.2, -0.15) is 0 Å². The Morgan fingerprint density at radius 1 is 1.06 bits per heavy atom. The summed E-state index contributed by atoms with van der Waals surface area (Å²) in [5, 5.41) is 3.16. The number of hydrogen-bond acceptors (Lipinski definition) is 3. The summed E-state index contributed by atoms with van der Waals surface area (Å²) in [5.41, 5.74) is 8.65. The maximum Gasteiger partial charge on any atom is 0.125 e. The Hall–Kier alpha value is -2.03. The number of aromatic nitrogens is 1. The summed E-state index contributed by atoms with van der Waals surface area (Å²) in [7, 11) is 0. The first-order chi connectivity index (χ1) is 7.79. The third-order valence-electron chi connectivity index (χ3n) is 2.37. The van der Waals surface area contributed by atoms with Crippen molar-refractivity contribution in [2.75, 3.05) is 17.6 Å². The summed E-state index contributed by atoms with van der Waals surface area (Å²) >= 11 is 0. The van der Waals surface area contributed by atoms with Crippen LogP contribution in [0.15, 0.2) is 42.6 Å². The van der Waals surface area contributed by atoms with Crippen molar-refractivity contribution < 1.29 is 0 Å². The number of rotatable bonds is 3. The molecule has 3 heteroatoms. The number of pyridine rings is 1. The number of hydrogen-bond donors (Lipinski definition) is 2. The summed E-state index contributed by atoms with van der Waals surface area (Å²) in [5.74, 6) is 0.904. The molecule has 0 aliphatic carbocycles. The highest BCUT2D eigenvalue weighted by molar-refractivity contribution is 5.65. The molecule has 0 atom stereocenters. The summed E-state index contributed by atoms with van der Waals surface area (Å²) in [6.45, 7) is 2.93. The van der Waals surface area contributed by atoms with E-state index < -0.39 is 0 Å². The molecule has 0 saturated carbocycles. The van der Waals surface area contributed by atoms with Gasteiger partial charge in [0.05, 0.1) is 0 Å². The Balaban J connectivity index is 2.24. The first-order valence-corrected chi connectivity index (χ1v) is 5.35. The zero-order chi connectivity index (χ0) is 11.4. The maximum atomic E-state index is 5.64. The standard InChI is InChI=1S/C13H15N3/c1-2-15-13-8-5-11(9-16-13)10-3-6-12(14)7-4-10/h3-9H,2,14H2,1H3,(H,15,16). The Bertz CT molecular complexity index is 446. The van der Waals surface area contributed by atoms with Crippen LogP contribution in [0.1, 0.15) is 6.92 Å². The van der Waals surface area contributed by atoms with Crippen LogP contribution in [0.5, 0.6) is 0 Å². The van der Waals surface area contributed by atoms with E-state index in [1.165, 1.54) is 0 Å². The van der Waals surface area contributed by atoms with E-state index in [0.717, 1.165) is 29.2 Å². The number of nitrogen functional groups attached to an aromatic ring is 1. The predicted octanol–water partition coefficient (Wildman–Crippen LogP) is 2.76. The zero-order valence-corrected chi connectivity index (χ0v) is 9.27. The van der Waals surface area contributed by atoms with Gasteiger partial charge in [0.1, 0.15) is 5.82 Å². The SMILES string of the molecule is CCNc1ccc(-c2ccc(N)cc2)cn1. The lowest BCUT2D eigenvalue weighted by molar-refractivity contribution is 1.16. The van der Waals surface area contributed by atoms with Gasteiger partial charge >= 0.3 is 0 Å². The predicted molar refractivity (Wildman–Crippen MR) is 68.2 cm³/mol. The van der Waals surface area contributed by atoms with Crippen LogP contribution >= 0.6 is 0 Å². The van der Waals surface area contributed by atoms with Crippen molar-refractivity contribution in [3.05, 3.63) is 42.6 Å². The molecule has 0 radical (unpaired) electrons. The minimum absolute atomic E-state index is 0.779. The third-order valence-corrected chi connectivity index (χ3v) is 2.37. The Morgan fingerprint density at radius 3 is 2.31 bits per heavy atom. The van der Waals surface area contributed by atoms with Gasteiger partial charge in [-0.3, -0.25) is 0 Å². The number of nitrogens with zero attached hydrogens (tertiary/aromatic N) is 1. The van der Waals surface area contributed by atoms with Crippen LogP contribution in [0.4, 0.5) is 11.5 Å². The van der Waals surface area contributed by atoms with Crippen molar-refractivity contribution in [2.45, 2.75) is 6.92 Å². The number of nitrogens with one attached hydrogen (secondary N) is 1.